The summed E-state index contributed by atoms with van der Waals surface area (Å²) < 4.78 is 5.77. The molecular formula is C22H20ClN3O3. The van der Waals surface area contributed by atoms with Gasteiger partial charge in [-0.05, 0) is 36.2 Å². The molecule has 6 nitrogen and oxygen atoms in total. The molecule has 7 heteroatoms. The van der Waals surface area contributed by atoms with Gasteiger partial charge in [0.15, 0.2) is 5.76 Å². The van der Waals surface area contributed by atoms with E-state index in [1.54, 1.807) is 18.3 Å². The quantitative estimate of drug-likeness (QED) is 0.596. The maximum atomic E-state index is 13.3. The number of imide groups is 1. The summed E-state index contributed by atoms with van der Waals surface area (Å²) in [6, 6.07) is 16.0. The molecule has 0 unspecified atom stereocenters. The van der Waals surface area contributed by atoms with Gasteiger partial charge in [0.05, 0.1) is 6.20 Å². The number of aromatic nitrogens is 1. The Morgan fingerprint density at radius 2 is 1.83 bits per heavy atom. The molecule has 1 aliphatic rings. The van der Waals surface area contributed by atoms with E-state index in [2.05, 4.69) is 10.3 Å². The molecule has 1 aliphatic heterocycles. The summed E-state index contributed by atoms with van der Waals surface area (Å²) in [5, 5.41) is 3.53. The number of hydrogen-bond donors (Lipinski definition) is 1. The van der Waals surface area contributed by atoms with Crippen LogP contribution in [-0.2, 0) is 16.9 Å². The second-order valence-electron chi connectivity index (χ2n) is 6.97. The van der Waals surface area contributed by atoms with Crippen LogP contribution in [0.3, 0.4) is 0 Å². The molecule has 148 valence electrons. The van der Waals surface area contributed by atoms with Gasteiger partial charge in [-0.3, -0.25) is 9.69 Å². The predicted octanol–water partition coefficient (Wildman–Crippen LogP) is 4.74. The van der Waals surface area contributed by atoms with Crippen LogP contribution < -0.4 is 5.32 Å². The van der Waals surface area contributed by atoms with Crippen molar-refractivity contribution in [3.8, 4) is 11.3 Å². The van der Waals surface area contributed by atoms with E-state index in [4.69, 9.17) is 16.0 Å². The average Bonchev–Trinajstić information content (AvgIpc) is 3.29. The highest BCUT2D eigenvalue weighted by molar-refractivity contribution is 6.30. The number of hydrogen-bond acceptors (Lipinski definition) is 4. The largest absolute Gasteiger partial charge is 0.439 e. The number of halogens is 1. The second-order valence-corrected chi connectivity index (χ2v) is 7.40. The SMILES string of the molecule is CCC[C@@]1(c2ccccc2)NC(=O)N(Cc2ncc(-c3ccc(Cl)cc3)o2)C1=O. The molecule has 0 saturated carbocycles. The highest BCUT2D eigenvalue weighted by atomic mass is 35.5. The van der Waals surface area contributed by atoms with Crippen molar-refractivity contribution < 1.29 is 14.0 Å². The molecule has 3 aromatic rings. The Morgan fingerprint density at radius 3 is 2.52 bits per heavy atom. The summed E-state index contributed by atoms with van der Waals surface area (Å²) in [6.45, 7) is 1.95. The summed E-state index contributed by atoms with van der Waals surface area (Å²) in [6.07, 6.45) is 2.83. The third kappa shape index (κ3) is 3.51. The molecule has 2 aromatic carbocycles. The molecule has 1 aromatic heterocycles. The number of nitrogens with zero attached hydrogens (tertiary/aromatic N) is 2. The van der Waals surface area contributed by atoms with Gasteiger partial charge >= 0.3 is 6.03 Å². The average molecular weight is 410 g/mol. The van der Waals surface area contributed by atoms with Crippen molar-refractivity contribution in [3.63, 3.8) is 0 Å². The monoisotopic (exact) mass is 409 g/mol. The van der Waals surface area contributed by atoms with E-state index in [0.29, 0.717) is 23.1 Å². The number of carbonyl (C=O) groups excluding carboxylic acids is 2. The lowest BCUT2D eigenvalue weighted by Crippen LogP contribution is -2.43. The second kappa shape index (κ2) is 7.72. The van der Waals surface area contributed by atoms with Gasteiger partial charge in [0.25, 0.3) is 5.91 Å². The van der Waals surface area contributed by atoms with Crippen LogP contribution in [-0.4, -0.2) is 21.8 Å². The van der Waals surface area contributed by atoms with Crippen LogP contribution >= 0.6 is 11.6 Å². The predicted molar refractivity (Wildman–Crippen MR) is 109 cm³/mol. The molecule has 1 N–H and O–H groups in total. The standard InChI is InChI=1S/C22H20ClN3O3/c1-2-12-22(16-6-4-3-5-7-16)20(27)26(21(28)25-22)14-19-24-13-18(29-19)15-8-10-17(23)11-9-15/h3-11,13H,2,12,14H2,1H3,(H,25,28)/t22-/m0/s1. The smallest absolute Gasteiger partial charge is 0.325 e. The molecular weight excluding hydrogens is 390 g/mol. The van der Waals surface area contributed by atoms with Gasteiger partial charge in [-0.1, -0.05) is 55.3 Å². The summed E-state index contributed by atoms with van der Waals surface area (Å²) in [5.74, 6) is 0.548. The lowest BCUT2D eigenvalue weighted by molar-refractivity contribution is -0.132. The molecule has 3 amide bonds. The summed E-state index contributed by atoms with van der Waals surface area (Å²) in [4.78, 5) is 31.4. The lowest BCUT2D eigenvalue weighted by atomic mass is 9.85. The Bertz CT molecular complexity index is 1030. The first-order valence-corrected chi connectivity index (χ1v) is 9.81. The molecule has 0 radical (unpaired) electrons. The Hall–Kier alpha value is -3.12. The van der Waals surface area contributed by atoms with E-state index in [9.17, 15) is 9.59 Å². The van der Waals surface area contributed by atoms with Crippen LogP contribution in [0.5, 0.6) is 0 Å². The Morgan fingerprint density at radius 1 is 1.10 bits per heavy atom. The van der Waals surface area contributed by atoms with Crippen LogP contribution in [0.1, 0.15) is 31.2 Å². The summed E-state index contributed by atoms with van der Waals surface area (Å²) in [7, 11) is 0. The minimum absolute atomic E-state index is 0.0312. The maximum absolute atomic E-state index is 13.3. The van der Waals surface area contributed by atoms with Crippen molar-refractivity contribution in [1.82, 2.24) is 15.2 Å². The van der Waals surface area contributed by atoms with Crippen LogP contribution in [0, 0.1) is 0 Å². The van der Waals surface area contributed by atoms with Gasteiger partial charge in [-0.25, -0.2) is 9.78 Å². The van der Waals surface area contributed by atoms with E-state index >= 15 is 0 Å². The van der Waals surface area contributed by atoms with Gasteiger partial charge in [0.1, 0.15) is 12.1 Å². The zero-order chi connectivity index (χ0) is 20.4. The Kier molecular flexibility index (Phi) is 5.11. The number of nitrogens with one attached hydrogen (secondary N) is 1. The van der Waals surface area contributed by atoms with Gasteiger partial charge in [0, 0.05) is 10.6 Å². The molecule has 1 saturated heterocycles. The number of amides is 3. The van der Waals surface area contributed by atoms with E-state index in [1.807, 2.05) is 49.4 Å². The van der Waals surface area contributed by atoms with E-state index in [1.165, 1.54) is 4.90 Å². The minimum atomic E-state index is -1.06. The normalized spacial score (nSPS) is 18.9. The van der Waals surface area contributed by atoms with E-state index in [0.717, 1.165) is 17.5 Å². The van der Waals surface area contributed by atoms with E-state index in [-0.39, 0.29) is 12.5 Å². The van der Waals surface area contributed by atoms with Gasteiger partial charge < -0.3 is 9.73 Å². The van der Waals surface area contributed by atoms with Gasteiger partial charge in [-0.2, -0.15) is 0 Å². The van der Waals surface area contributed by atoms with Crippen molar-refractivity contribution in [1.29, 1.82) is 0 Å². The first-order chi connectivity index (χ1) is 14.0. The Labute approximate surface area is 173 Å². The number of carbonyl (C=O) groups is 2. The summed E-state index contributed by atoms with van der Waals surface area (Å²) in [5.41, 5.74) is 0.533. The van der Waals surface area contributed by atoms with Crippen LogP contribution in [0.15, 0.2) is 65.2 Å². The van der Waals surface area contributed by atoms with Crippen molar-refractivity contribution >= 4 is 23.5 Å². The number of oxazole rings is 1. The molecule has 0 aliphatic carbocycles. The van der Waals surface area contributed by atoms with Gasteiger partial charge in [-0.15, -0.1) is 0 Å². The van der Waals surface area contributed by atoms with Crippen molar-refractivity contribution in [2.45, 2.75) is 31.8 Å². The maximum Gasteiger partial charge on any atom is 0.325 e. The molecule has 0 bridgehead atoms. The fraction of sp³-hybridized carbons (Fsp3) is 0.227. The van der Waals surface area contributed by atoms with Crippen molar-refractivity contribution in [2.24, 2.45) is 0 Å². The first-order valence-electron chi connectivity index (χ1n) is 9.44. The molecule has 29 heavy (non-hydrogen) atoms. The van der Waals surface area contributed by atoms with E-state index < -0.39 is 11.6 Å². The highest BCUT2D eigenvalue weighted by Crippen LogP contribution is 2.34. The van der Waals surface area contributed by atoms with Gasteiger partial charge in [0.2, 0.25) is 5.89 Å². The molecule has 0 spiro atoms. The van der Waals surface area contributed by atoms with Crippen molar-refractivity contribution in [3.05, 3.63) is 77.3 Å². The third-order valence-electron chi connectivity index (χ3n) is 5.04. The number of rotatable bonds is 6. The topological polar surface area (TPSA) is 75.4 Å². The fourth-order valence-electron chi connectivity index (χ4n) is 3.64. The zero-order valence-electron chi connectivity index (χ0n) is 15.9. The molecule has 1 atom stereocenters. The first kappa shape index (κ1) is 19.2. The van der Waals surface area contributed by atoms with Crippen LogP contribution in [0.25, 0.3) is 11.3 Å². The Balaban J connectivity index is 1.59. The lowest BCUT2D eigenvalue weighted by Gasteiger charge is -2.26. The zero-order valence-corrected chi connectivity index (χ0v) is 16.6. The molecule has 2 heterocycles. The van der Waals surface area contributed by atoms with Crippen LogP contribution in [0.4, 0.5) is 4.79 Å². The highest BCUT2D eigenvalue weighted by Gasteiger charge is 2.51. The van der Waals surface area contributed by atoms with Crippen LogP contribution in [0.2, 0.25) is 5.02 Å². The molecule has 1 fully saturated rings. The van der Waals surface area contributed by atoms with Crippen molar-refractivity contribution in [2.75, 3.05) is 0 Å². The number of benzene rings is 2. The third-order valence-corrected chi connectivity index (χ3v) is 5.29. The molecule has 4 rings (SSSR count). The minimum Gasteiger partial charge on any atom is -0.439 e. The number of urea groups is 1. The summed E-state index contributed by atoms with van der Waals surface area (Å²) >= 11 is 5.92. The fourth-order valence-corrected chi connectivity index (χ4v) is 3.77.